The summed E-state index contributed by atoms with van der Waals surface area (Å²) < 4.78 is 27.5. The van der Waals surface area contributed by atoms with Crippen LogP contribution in [0.5, 0.6) is 28.7 Å². The van der Waals surface area contributed by atoms with Gasteiger partial charge in [0, 0.05) is 25.2 Å². The summed E-state index contributed by atoms with van der Waals surface area (Å²) in [4.78, 5) is 27.1. The molecule has 9 heteroatoms. The third-order valence-electron chi connectivity index (χ3n) is 5.74. The number of benzene rings is 2. The van der Waals surface area contributed by atoms with E-state index < -0.39 is 0 Å². The van der Waals surface area contributed by atoms with Gasteiger partial charge in [0.15, 0.2) is 29.6 Å². The van der Waals surface area contributed by atoms with E-state index in [9.17, 15) is 9.59 Å². The molecule has 0 bridgehead atoms. The zero-order valence-corrected chi connectivity index (χ0v) is 20.8. The number of ether oxygens (including phenoxy) is 5. The van der Waals surface area contributed by atoms with E-state index >= 15 is 0 Å². The lowest BCUT2D eigenvalue weighted by Gasteiger charge is -2.26. The maximum absolute atomic E-state index is 12.8. The Morgan fingerprint density at radius 3 is 2.14 bits per heavy atom. The van der Waals surface area contributed by atoms with Crippen LogP contribution in [-0.4, -0.2) is 64.3 Å². The number of hydrogen-bond acceptors (Lipinski definition) is 7. The minimum absolute atomic E-state index is 0.0423. The van der Waals surface area contributed by atoms with Crippen LogP contribution >= 0.6 is 0 Å². The van der Waals surface area contributed by atoms with Crippen LogP contribution in [0, 0.1) is 0 Å². The molecule has 2 aromatic rings. The molecule has 2 aromatic carbocycles. The van der Waals surface area contributed by atoms with Crippen LogP contribution in [0.4, 0.5) is 0 Å². The van der Waals surface area contributed by atoms with Crippen LogP contribution in [0.25, 0.3) is 0 Å². The molecule has 0 spiro atoms. The van der Waals surface area contributed by atoms with Gasteiger partial charge in [-0.2, -0.15) is 0 Å². The third-order valence-corrected chi connectivity index (χ3v) is 5.74. The van der Waals surface area contributed by atoms with Gasteiger partial charge in [-0.25, -0.2) is 0 Å². The highest BCUT2D eigenvalue weighted by atomic mass is 16.5. The minimum Gasteiger partial charge on any atom is -0.493 e. The molecular formula is C26H34N2O7. The van der Waals surface area contributed by atoms with Crippen LogP contribution < -0.4 is 29.0 Å². The number of hydrogen-bond donors (Lipinski definition) is 1. The van der Waals surface area contributed by atoms with Gasteiger partial charge in [-0.1, -0.05) is 0 Å². The molecule has 1 N–H and O–H groups in total. The molecule has 1 aliphatic heterocycles. The molecule has 0 aliphatic carbocycles. The Kier molecular flexibility index (Phi) is 9.46. The number of carbonyl (C=O) groups is 2. The second kappa shape index (κ2) is 12.7. The van der Waals surface area contributed by atoms with Crippen LogP contribution in [0.2, 0.25) is 0 Å². The maximum atomic E-state index is 12.8. The second-order valence-electron chi connectivity index (χ2n) is 8.04. The van der Waals surface area contributed by atoms with Gasteiger partial charge >= 0.3 is 0 Å². The van der Waals surface area contributed by atoms with E-state index in [1.54, 1.807) is 44.6 Å². The van der Waals surface area contributed by atoms with Gasteiger partial charge in [-0.05, 0) is 62.1 Å². The first-order chi connectivity index (χ1) is 17.0. The highest BCUT2D eigenvalue weighted by Crippen LogP contribution is 2.38. The molecule has 1 heterocycles. The van der Waals surface area contributed by atoms with Crippen molar-refractivity contribution in [1.82, 2.24) is 10.2 Å². The Balaban J connectivity index is 1.66. The Labute approximate surface area is 206 Å². The fourth-order valence-electron chi connectivity index (χ4n) is 3.93. The molecule has 0 radical (unpaired) electrons. The Bertz CT molecular complexity index is 994. The SMILES string of the molecule is CCOc1cc(C(=O)NCc2cc(OC)c(OC)c(OC)c2)ccc1OCC(=O)N1CCCCC1. The topological polar surface area (TPSA) is 95.6 Å². The number of carbonyl (C=O) groups excluding carboxylic acids is 2. The highest BCUT2D eigenvalue weighted by Gasteiger charge is 2.19. The fraction of sp³-hybridized carbons (Fsp3) is 0.462. The van der Waals surface area contributed by atoms with E-state index in [2.05, 4.69) is 5.32 Å². The fourth-order valence-corrected chi connectivity index (χ4v) is 3.93. The van der Waals surface area contributed by atoms with Crippen molar-refractivity contribution >= 4 is 11.8 Å². The van der Waals surface area contributed by atoms with Gasteiger partial charge in [-0.3, -0.25) is 9.59 Å². The lowest BCUT2D eigenvalue weighted by atomic mass is 10.1. The predicted octanol–water partition coefficient (Wildman–Crippen LogP) is 3.43. The van der Waals surface area contributed by atoms with E-state index in [0.717, 1.165) is 37.9 Å². The average Bonchev–Trinajstić information content (AvgIpc) is 2.90. The second-order valence-corrected chi connectivity index (χ2v) is 8.04. The van der Waals surface area contributed by atoms with Gasteiger partial charge < -0.3 is 33.9 Å². The Hall–Kier alpha value is -3.62. The number of rotatable bonds is 11. The Morgan fingerprint density at radius 2 is 1.54 bits per heavy atom. The summed E-state index contributed by atoms with van der Waals surface area (Å²) in [5, 5.41) is 2.89. The average molecular weight is 487 g/mol. The van der Waals surface area contributed by atoms with E-state index in [4.69, 9.17) is 23.7 Å². The molecule has 3 rings (SSSR count). The Morgan fingerprint density at radius 1 is 0.857 bits per heavy atom. The summed E-state index contributed by atoms with van der Waals surface area (Å²) in [6, 6.07) is 8.48. The van der Waals surface area contributed by atoms with Gasteiger partial charge in [0.2, 0.25) is 5.75 Å². The van der Waals surface area contributed by atoms with Crippen molar-refractivity contribution in [2.45, 2.75) is 32.7 Å². The number of methoxy groups -OCH3 is 3. The number of amides is 2. The molecule has 190 valence electrons. The summed E-state index contributed by atoms with van der Waals surface area (Å²) in [6.07, 6.45) is 3.20. The zero-order valence-electron chi connectivity index (χ0n) is 20.8. The summed E-state index contributed by atoms with van der Waals surface area (Å²) in [5.41, 5.74) is 1.20. The number of likely N-dealkylation sites (tertiary alicyclic amines) is 1. The molecule has 0 unspecified atom stereocenters. The molecule has 1 saturated heterocycles. The molecule has 0 atom stereocenters. The largest absolute Gasteiger partial charge is 0.493 e. The molecule has 9 nitrogen and oxygen atoms in total. The molecule has 1 aliphatic rings. The van der Waals surface area contributed by atoms with E-state index in [1.807, 2.05) is 11.8 Å². The van der Waals surface area contributed by atoms with Crippen molar-refractivity contribution < 1.29 is 33.3 Å². The lowest BCUT2D eigenvalue weighted by molar-refractivity contribution is -0.134. The summed E-state index contributed by atoms with van der Waals surface area (Å²) in [7, 11) is 4.62. The van der Waals surface area contributed by atoms with Crippen molar-refractivity contribution in [3.05, 3.63) is 41.5 Å². The maximum Gasteiger partial charge on any atom is 0.260 e. The van der Waals surface area contributed by atoms with E-state index in [0.29, 0.717) is 40.9 Å². The summed E-state index contributed by atoms with van der Waals surface area (Å²) >= 11 is 0. The van der Waals surface area contributed by atoms with Gasteiger partial charge in [-0.15, -0.1) is 0 Å². The van der Waals surface area contributed by atoms with Crippen molar-refractivity contribution in [3.63, 3.8) is 0 Å². The van der Waals surface area contributed by atoms with E-state index in [-0.39, 0.29) is 25.0 Å². The minimum atomic E-state index is -0.282. The number of piperidine rings is 1. The molecule has 0 aromatic heterocycles. The van der Waals surface area contributed by atoms with Crippen molar-refractivity contribution in [3.8, 4) is 28.7 Å². The first-order valence-electron chi connectivity index (χ1n) is 11.7. The van der Waals surface area contributed by atoms with Crippen LogP contribution in [0.3, 0.4) is 0 Å². The van der Waals surface area contributed by atoms with Gasteiger partial charge in [0.25, 0.3) is 11.8 Å². The molecule has 1 fully saturated rings. The van der Waals surface area contributed by atoms with Gasteiger partial charge in [0.05, 0.1) is 27.9 Å². The lowest BCUT2D eigenvalue weighted by Crippen LogP contribution is -2.38. The molecular weight excluding hydrogens is 452 g/mol. The smallest absolute Gasteiger partial charge is 0.260 e. The number of nitrogens with one attached hydrogen (secondary N) is 1. The third kappa shape index (κ3) is 6.71. The van der Waals surface area contributed by atoms with Crippen molar-refractivity contribution in [2.75, 3.05) is 47.6 Å². The summed E-state index contributed by atoms with van der Waals surface area (Å²) in [6.45, 7) is 3.97. The zero-order chi connectivity index (χ0) is 25.2. The van der Waals surface area contributed by atoms with Gasteiger partial charge in [0.1, 0.15) is 0 Å². The van der Waals surface area contributed by atoms with Crippen molar-refractivity contribution in [1.29, 1.82) is 0 Å². The molecule has 2 amide bonds. The first-order valence-corrected chi connectivity index (χ1v) is 11.7. The number of nitrogens with zero attached hydrogens (tertiary/aromatic N) is 1. The molecule has 35 heavy (non-hydrogen) atoms. The normalized spacial score (nSPS) is 13.1. The van der Waals surface area contributed by atoms with Crippen LogP contribution in [0.1, 0.15) is 42.1 Å². The van der Waals surface area contributed by atoms with E-state index in [1.165, 1.54) is 7.11 Å². The first kappa shape index (κ1) is 26.0. The molecule has 0 saturated carbocycles. The van der Waals surface area contributed by atoms with Crippen LogP contribution in [-0.2, 0) is 11.3 Å². The van der Waals surface area contributed by atoms with Crippen molar-refractivity contribution in [2.24, 2.45) is 0 Å². The standard InChI is InChI=1S/C26H34N2O7/c1-5-34-21-15-19(9-10-20(21)35-17-24(29)28-11-7-6-8-12-28)26(30)27-16-18-13-22(31-2)25(33-4)23(14-18)32-3/h9-10,13-15H,5-8,11-12,16-17H2,1-4H3,(H,27,30). The quantitative estimate of drug-likeness (QED) is 0.520. The summed E-state index contributed by atoms with van der Waals surface area (Å²) in [5.74, 6) is 2.03. The monoisotopic (exact) mass is 486 g/mol. The predicted molar refractivity (Wildman–Crippen MR) is 131 cm³/mol. The van der Waals surface area contributed by atoms with Crippen LogP contribution in [0.15, 0.2) is 30.3 Å². The highest BCUT2D eigenvalue weighted by molar-refractivity contribution is 5.94.